The van der Waals surface area contributed by atoms with Crippen LogP contribution in [0.4, 0.5) is 5.69 Å². The van der Waals surface area contributed by atoms with Crippen molar-refractivity contribution in [2.24, 2.45) is 0 Å². The molecule has 4 heteroatoms. The van der Waals surface area contributed by atoms with Gasteiger partial charge in [0.2, 0.25) is 5.88 Å². The van der Waals surface area contributed by atoms with Gasteiger partial charge in [0.15, 0.2) is 0 Å². The smallest absolute Gasteiger partial charge is 0.213 e. The number of hydrogen-bond acceptors (Lipinski definition) is 4. The summed E-state index contributed by atoms with van der Waals surface area (Å²) in [6.07, 6.45) is 0. The molecule has 0 aliphatic rings. The van der Waals surface area contributed by atoms with Crippen molar-refractivity contribution in [2.45, 2.75) is 20.8 Å². The topological polar surface area (TPSA) is 51.4 Å². The fraction of sp³-hybridized carbons (Fsp3) is 0.583. The molecule has 90 valence electrons. The molecule has 2 N–H and O–H groups in total. The Balaban J connectivity index is 2.40. The largest absolute Gasteiger partial charge is 0.476 e. The number of ether oxygens (including phenoxy) is 1. The molecule has 16 heavy (non-hydrogen) atoms. The standard InChI is InChI=1S/C12H21N3O/c1-4-15(5-2)8-9-16-12-7-6-11(13)10(3)14-12/h6-7H,4-5,8-9,13H2,1-3H3. The van der Waals surface area contributed by atoms with E-state index < -0.39 is 0 Å². The fourth-order valence-electron chi connectivity index (χ4n) is 1.45. The molecule has 0 aliphatic carbocycles. The zero-order chi connectivity index (χ0) is 12.0. The van der Waals surface area contributed by atoms with Gasteiger partial charge in [-0.2, -0.15) is 0 Å². The molecule has 0 aliphatic heterocycles. The summed E-state index contributed by atoms with van der Waals surface area (Å²) in [5, 5.41) is 0. The normalized spacial score (nSPS) is 10.8. The van der Waals surface area contributed by atoms with Crippen molar-refractivity contribution in [1.29, 1.82) is 0 Å². The lowest BCUT2D eigenvalue weighted by atomic mass is 10.3. The van der Waals surface area contributed by atoms with E-state index in [2.05, 4.69) is 23.7 Å². The van der Waals surface area contributed by atoms with Gasteiger partial charge < -0.3 is 15.4 Å². The van der Waals surface area contributed by atoms with Gasteiger partial charge >= 0.3 is 0 Å². The third kappa shape index (κ3) is 3.70. The highest BCUT2D eigenvalue weighted by molar-refractivity contribution is 5.43. The third-order valence-corrected chi connectivity index (χ3v) is 2.65. The molecule has 0 radical (unpaired) electrons. The molecule has 0 fully saturated rings. The van der Waals surface area contributed by atoms with E-state index >= 15 is 0 Å². The summed E-state index contributed by atoms with van der Waals surface area (Å²) in [4.78, 5) is 6.57. The highest BCUT2D eigenvalue weighted by atomic mass is 16.5. The Morgan fingerprint density at radius 3 is 2.56 bits per heavy atom. The van der Waals surface area contributed by atoms with Crippen LogP contribution in [0.5, 0.6) is 5.88 Å². The number of rotatable bonds is 6. The van der Waals surface area contributed by atoms with Crippen LogP contribution < -0.4 is 10.5 Å². The molecule has 0 unspecified atom stereocenters. The van der Waals surface area contributed by atoms with Gasteiger partial charge in [0.05, 0.1) is 11.4 Å². The molecule has 0 amide bonds. The zero-order valence-corrected chi connectivity index (χ0v) is 10.4. The second-order valence-electron chi connectivity index (χ2n) is 3.70. The first-order chi connectivity index (χ1) is 7.67. The van der Waals surface area contributed by atoms with Crippen molar-refractivity contribution in [1.82, 2.24) is 9.88 Å². The van der Waals surface area contributed by atoms with Crippen molar-refractivity contribution in [3.05, 3.63) is 17.8 Å². The zero-order valence-electron chi connectivity index (χ0n) is 10.4. The Morgan fingerprint density at radius 1 is 1.31 bits per heavy atom. The molecule has 1 aromatic heterocycles. The van der Waals surface area contributed by atoms with E-state index in [1.165, 1.54) is 0 Å². The summed E-state index contributed by atoms with van der Waals surface area (Å²) in [5.41, 5.74) is 7.21. The molecule has 0 bridgehead atoms. The SMILES string of the molecule is CCN(CC)CCOc1ccc(N)c(C)n1. The monoisotopic (exact) mass is 223 g/mol. The first-order valence-corrected chi connectivity index (χ1v) is 5.75. The minimum absolute atomic E-state index is 0.652. The highest BCUT2D eigenvalue weighted by Gasteiger charge is 2.01. The van der Waals surface area contributed by atoms with E-state index in [-0.39, 0.29) is 0 Å². The van der Waals surface area contributed by atoms with Gasteiger partial charge in [-0.1, -0.05) is 13.8 Å². The van der Waals surface area contributed by atoms with Crippen LogP contribution in [0.3, 0.4) is 0 Å². The summed E-state index contributed by atoms with van der Waals surface area (Å²) in [7, 11) is 0. The molecule has 1 rings (SSSR count). The summed E-state index contributed by atoms with van der Waals surface area (Å²) in [6, 6.07) is 3.64. The predicted molar refractivity (Wildman–Crippen MR) is 66.7 cm³/mol. The van der Waals surface area contributed by atoms with E-state index in [4.69, 9.17) is 10.5 Å². The maximum Gasteiger partial charge on any atom is 0.213 e. The summed E-state index contributed by atoms with van der Waals surface area (Å²) < 4.78 is 5.57. The minimum atomic E-state index is 0.652. The number of nitrogens with zero attached hydrogens (tertiary/aromatic N) is 2. The molecular weight excluding hydrogens is 202 g/mol. The van der Waals surface area contributed by atoms with Crippen LogP contribution in [0.25, 0.3) is 0 Å². The van der Waals surface area contributed by atoms with E-state index in [0.717, 1.165) is 25.3 Å². The Morgan fingerprint density at radius 2 is 2.00 bits per heavy atom. The van der Waals surface area contributed by atoms with Gasteiger partial charge in [-0.3, -0.25) is 0 Å². The second kappa shape index (κ2) is 6.33. The van der Waals surface area contributed by atoms with E-state index in [1.54, 1.807) is 0 Å². The van der Waals surface area contributed by atoms with Crippen LogP contribution in [0.15, 0.2) is 12.1 Å². The highest BCUT2D eigenvalue weighted by Crippen LogP contribution is 2.13. The Labute approximate surface area is 97.4 Å². The van der Waals surface area contributed by atoms with E-state index in [9.17, 15) is 0 Å². The first-order valence-electron chi connectivity index (χ1n) is 5.75. The maximum atomic E-state index is 5.68. The van der Waals surface area contributed by atoms with Gasteiger partial charge in [-0.15, -0.1) is 0 Å². The maximum absolute atomic E-state index is 5.68. The third-order valence-electron chi connectivity index (χ3n) is 2.65. The van der Waals surface area contributed by atoms with Gasteiger partial charge in [0.1, 0.15) is 6.61 Å². The lowest BCUT2D eigenvalue weighted by Gasteiger charge is -2.17. The summed E-state index contributed by atoms with van der Waals surface area (Å²) in [6.45, 7) is 9.87. The Bertz CT molecular complexity index is 324. The van der Waals surface area contributed by atoms with Gasteiger partial charge in [-0.05, 0) is 26.1 Å². The molecular formula is C12H21N3O. The molecule has 0 saturated carbocycles. The molecule has 1 heterocycles. The number of aromatic nitrogens is 1. The van der Waals surface area contributed by atoms with Crippen molar-refractivity contribution in [3.8, 4) is 5.88 Å². The van der Waals surface area contributed by atoms with Crippen LogP contribution >= 0.6 is 0 Å². The predicted octanol–water partition coefficient (Wildman–Crippen LogP) is 1.69. The number of nitrogen functional groups attached to an aromatic ring is 1. The molecule has 0 spiro atoms. The Hall–Kier alpha value is -1.29. The lowest BCUT2D eigenvalue weighted by Crippen LogP contribution is -2.28. The first kappa shape index (κ1) is 12.8. The van der Waals surface area contributed by atoms with Crippen molar-refractivity contribution in [3.63, 3.8) is 0 Å². The van der Waals surface area contributed by atoms with Gasteiger partial charge in [-0.25, -0.2) is 4.98 Å². The molecule has 0 saturated heterocycles. The second-order valence-corrected chi connectivity index (χ2v) is 3.70. The fourth-order valence-corrected chi connectivity index (χ4v) is 1.45. The average Bonchev–Trinajstić information content (AvgIpc) is 2.29. The molecule has 1 aromatic rings. The van der Waals surface area contributed by atoms with Crippen LogP contribution in [0, 0.1) is 6.92 Å². The number of pyridine rings is 1. The Kier molecular flexibility index (Phi) is 5.05. The molecule has 4 nitrogen and oxygen atoms in total. The van der Waals surface area contributed by atoms with Crippen molar-refractivity contribution < 1.29 is 4.74 Å². The lowest BCUT2D eigenvalue weighted by molar-refractivity contribution is 0.218. The number of anilines is 1. The van der Waals surface area contributed by atoms with Crippen LogP contribution in [-0.4, -0.2) is 36.1 Å². The minimum Gasteiger partial charge on any atom is -0.476 e. The number of aryl methyl sites for hydroxylation is 1. The quantitative estimate of drug-likeness (QED) is 0.797. The van der Waals surface area contributed by atoms with Crippen LogP contribution in [-0.2, 0) is 0 Å². The summed E-state index contributed by atoms with van der Waals surface area (Å²) in [5.74, 6) is 0.652. The van der Waals surface area contributed by atoms with Crippen LogP contribution in [0.2, 0.25) is 0 Å². The van der Waals surface area contributed by atoms with Crippen molar-refractivity contribution >= 4 is 5.69 Å². The van der Waals surface area contributed by atoms with E-state index in [0.29, 0.717) is 18.2 Å². The molecule has 0 atom stereocenters. The van der Waals surface area contributed by atoms with Gasteiger partial charge in [0.25, 0.3) is 0 Å². The molecule has 0 aromatic carbocycles. The number of likely N-dealkylation sites (N-methyl/N-ethyl adjacent to an activating group) is 1. The van der Waals surface area contributed by atoms with Crippen molar-refractivity contribution in [2.75, 3.05) is 32.0 Å². The number of nitrogens with two attached hydrogens (primary N) is 1. The van der Waals surface area contributed by atoms with E-state index in [1.807, 2.05) is 19.1 Å². The van der Waals surface area contributed by atoms with Crippen LogP contribution in [0.1, 0.15) is 19.5 Å². The summed E-state index contributed by atoms with van der Waals surface area (Å²) >= 11 is 0. The number of hydrogen-bond donors (Lipinski definition) is 1. The van der Waals surface area contributed by atoms with Gasteiger partial charge in [0, 0.05) is 12.6 Å². The average molecular weight is 223 g/mol.